The first kappa shape index (κ1) is 18.5. The van der Waals surface area contributed by atoms with E-state index >= 15 is 0 Å². The zero-order valence-electron chi connectivity index (χ0n) is 14.5. The van der Waals surface area contributed by atoms with Crippen molar-refractivity contribution in [3.8, 4) is 17.4 Å². The Morgan fingerprint density at radius 1 is 1.28 bits per heavy atom. The fraction of sp³-hybridized carbons (Fsp3) is 0.333. The lowest BCUT2D eigenvalue weighted by atomic mass is 10.1. The third kappa shape index (κ3) is 4.84. The van der Waals surface area contributed by atoms with Crippen LogP contribution in [0.25, 0.3) is 0 Å². The molecule has 7 heteroatoms. The number of carbonyl (C=O) groups excluding carboxylic acids is 1. The quantitative estimate of drug-likeness (QED) is 0.713. The van der Waals surface area contributed by atoms with Gasteiger partial charge in [0.25, 0.3) is 5.91 Å². The van der Waals surface area contributed by atoms with Gasteiger partial charge in [-0.1, -0.05) is 0 Å². The van der Waals surface area contributed by atoms with Gasteiger partial charge in [-0.25, -0.2) is 4.98 Å². The molecule has 25 heavy (non-hydrogen) atoms. The number of hydrogen-bond donors (Lipinski definition) is 2. The molecule has 0 aliphatic carbocycles. The molecule has 1 aromatic heterocycles. The third-order valence-electron chi connectivity index (χ3n) is 3.59. The number of phenolic OH excluding ortho intramolecular Hbond substituents is 1. The number of benzene rings is 1. The first-order valence-corrected chi connectivity index (χ1v) is 7.81. The molecular formula is C18H22N2O5. The molecular weight excluding hydrogens is 324 g/mol. The van der Waals surface area contributed by atoms with Crippen LogP contribution in [0, 0.1) is 0 Å². The van der Waals surface area contributed by atoms with Gasteiger partial charge >= 0.3 is 0 Å². The molecule has 0 radical (unpaired) electrons. The number of amides is 1. The van der Waals surface area contributed by atoms with Crippen molar-refractivity contribution < 1.29 is 24.1 Å². The molecule has 0 bridgehead atoms. The molecule has 2 aromatic rings. The van der Waals surface area contributed by atoms with Crippen LogP contribution >= 0.6 is 0 Å². The summed E-state index contributed by atoms with van der Waals surface area (Å²) in [5, 5.41) is 12.9. The van der Waals surface area contributed by atoms with Gasteiger partial charge < -0.3 is 24.6 Å². The summed E-state index contributed by atoms with van der Waals surface area (Å²) < 4.78 is 15.6. The van der Waals surface area contributed by atoms with Gasteiger partial charge in [0.1, 0.15) is 23.7 Å². The minimum absolute atomic E-state index is 0.0800. The van der Waals surface area contributed by atoms with Crippen LogP contribution in [0.1, 0.15) is 28.9 Å². The number of pyridine rings is 1. The molecule has 1 heterocycles. The molecule has 0 saturated heterocycles. The second-order valence-electron chi connectivity index (χ2n) is 5.32. The van der Waals surface area contributed by atoms with Crippen molar-refractivity contribution in [2.24, 2.45) is 0 Å². The van der Waals surface area contributed by atoms with Gasteiger partial charge in [0.15, 0.2) is 0 Å². The van der Waals surface area contributed by atoms with Crippen LogP contribution < -0.4 is 14.8 Å². The fourth-order valence-corrected chi connectivity index (χ4v) is 2.26. The number of rotatable bonds is 8. The highest BCUT2D eigenvalue weighted by molar-refractivity contribution is 5.96. The molecule has 2 N–H and O–H groups in total. The van der Waals surface area contributed by atoms with Crippen LogP contribution in [0.5, 0.6) is 17.4 Å². The van der Waals surface area contributed by atoms with Crippen molar-refractivity contribution in [3.05, 3.63) is 47.7 Å². The number of methoxy groups -OCH3 is 2. The number of aromatic nitrogens is 1. The highest BCUT2D eigenvalue weighted by Gasteiger charge is 2.18. The van der Waals surface area contributed by atoms with Crippen LogP contribution in [0.15, 0.2) is 36.5 Å². The van der Waals surface area contributed by atoms with E-state index in [1.165, 1.54) is 6.07 Å². The topological polar surface area (TPSA) is 89.9 Å². The van der Waals surface area contributed by atoms with E-state index in [0.29, 0.717) is 30.1 Å². The summed E-state index contributed by atoms with van der Waals surface area (Å²) in [4.78, 5) is 16.7. The fourth-order valence-electron chi connectivity index (χ4n) is 2.26. The Hall–Kier alpha value is -2.80. The van der Waals surface area contributed by atoms with Crippen molar-refractivity contribution in [3.63, 3.8) is 0 Å². The number of aromatic hydroxyl groups is 1. The van der Waals surface area contributed by atoms with Crippen LogP contribution in [-0.2, 0) is 4.74 Å². The van der Waals surface area contributed by atoms with Crippen molar-refractivity contribution in [1.82, 2.24) is 10.3 Å². The Morgan fingerprint density at radius 2 is 2.08 bits per heavy atom. The van der Waals surface area contributed by atoms with E-state index in [2.05, 4.69) is 10.3 Å². The maximum absolute atomic E-state index is 12.6. The number of hydrogen-bond acceptors (Lipinski definition) is 6. The molecule has 1 unspecified atom stereocenters. The molecule has 1 aromatic carbocycles. The zero-order chi connectivity index (χ0) is 18.2. The average Bonchev–Trinajstić information content (AvgIpc) is 2.62. The number of nitrogens with one attached hydrogen (secondary N) is 1. The summed E-state index contributed by atoms with van der Waals surface area (Å²) >= 11 is 0. The van der Waals surface area contributed by atoms with Gasteiger partial charge in [0.05, 0.1) is 19.8 Å². The number of phenols is 1. The second kappa shape index (κ2) is 8.89. The maximum Gasteiger partial charge on any atom is 0.257 e. The van der Waals surface area contributed by atoms with Gasteiger partial charge in [0.2, 0.25) is 5.88 Å². The standard InChI is InChI=1S/C18H22N2O5/c1-12(15-11-13(24-3)6-7-16(15)21)20-17(22)14-5-4-8-19-18(14)25-10-9-23-2/h4-8,11-12,21H,9-10H2,1-3H3,(H,20,22). The maximum atomic E-state index is 12.6. The minimum Gasteiger partial charge on any atom is -0.508 e. The molecule has 0 saturated carbocycles. The lowest BCUT2D eigenvalue weighted by molar-refractivity contribution is 0.0930. The number of carbonyl (C=O) groups is 1. The van der Waals surface area contributed by atoms with Crippen molar-refractivity contribution >= 4 is 5.91 Å². The molecule has 134 valence electrons. The second-order valence-corrected chi connectivity index (χ2v) is 5.32. The summed E-state index contributed by atoms with van der Waals surface area (Å²) in [5.41, 5.74) is 0.867. The molecule has 1 atom stereocenters. The first-order chi connectivity index (χ1) is 12.1. The molecule has 2 rings (SSSR count). The third-order valence-corrected chi connectivity index (χ3v) is 3.59. The molecule has 0 spiro atoms. The smallest absolute Gasteiger partial charge is 0.257 e. The highest BCUT2D eigenvalue weighted by atomic mass is 16.5. The molecule has 0 aliphatic rings. The van der Waals surface area contributed by atoms with Crippen molar-refractivity contribution in [2.75, 3.05) is 27.4 Å². The highest BCUT2D eigenvalue weighted by Crippen LogP contribution is 2.28. The average molecular weight is 346 g/mol. The van der Waals surface area contributed by atoms with E-state index in [1.54, 1.807) is 51.6 Å². The molecule has 1 amide bonds. The van der Waals surface area contributed by atoms with Gasteiger partial charge in [-0.3, -0.25) is 4.79 Å². The first-order valence-electron chi connectivity index (χ1n) is 7.81. The number of ether oxygens (including phenoxy) is 3. The zero-order valence-corrected chi connectivity index (χ0v) is 14.5. The van der Waals surface area contributed by atoms with Crippen molar-refractivity contribution in [2.45, 2.75) is 13.0 Å². The van der Waals surface area contributed by atoms with E-state index < -0.39 is 6.04 Å². The number of nitrogens with zero attached hydrogens (tertiary/aromatic N) is 1. The van der Waals surface area contributed by atoms with Gasteiger partial charge in [0, 0.05) is 18.9 Å². The van der Waals surface area contributed by atoms with Crippen LogP contribution in [0.4, 0.5) is 0 Å². The SMILES string of the molecule is COCCOc1ncccc1C(=O)NC(C)c1cc(OC)ccc1O. The summed E-state index contributed by atoms with van der Waals surface area (Å²) in [6, 6.07) is 7.71. The Bertz CT molecular complexity index is 720. The normalized spacial score (nSPS) is 11.6. The molecule has 0 fully saturated rings. The lowest BCUT2D eigenvalue weighted by Crippen LogP contribution is -2.27. The molecule has 0 aliphatic heterocycles. The Kier molecular flexibility index (Phi) is 6.59. The van der Waals surface area contributed by atoms with E-state index in [1.807, 2.05) is 0 Å². The predicted octanol–water partition coefficient (Wildman–Crippen LogP) is 2.31. The summed E-state index contributed by atoms with van der Waals surface area (Å²) in [6.07, 6.45) is 1.55. The van der Waals surface area contributed by atoms with Gasteiger partial charge in [-0.05, 0) is 37.3 Å². The van der Waals surface area contributed by atoms with E-state index in [0.717, 1.165) is 0 Å². The van der Waals surface area contributed by atoms with Crippen molar-refractivity contribution in [1.29, 1.82) is 0 Å². The predicted molar refractivity (Wildman–Crippen MR) is 92.1 cm³/mol. The Balaban J connectivity index is 2.14. The summed E-state index contributed by atoms with van der Waals surface area (Å²) in [6.45, 7) is 2.46. The molecule has 7 nitrogen and oxygen atoms in total. The van der Waals surface area contributed by atoms with Gasteiger partial charge in [-0.2, -0.15) is 0 Å². The Morgan fingerprint density at radius 3 is 2.80 bits per heavy atom. The van der Waals surface area contributed by atoms with Crippen LogP contribution in [0.3, 0.4) is 0 Å². The minimum atomic E-state index is -0.436. The van der Waals surface area contributed by atoms with Crippen LogP contribution in [0.2, 0.25) is 0 Å². The monoisotopic (exact) mass is 346 g/mol. The Labute approximate surface area is 146 Å². The van der Waals surface area contributed by atoms with E-state index in [9.17, 15) is 9.90 Å². The van der Waals surface area contributed by atoms with Gasteiger partial charge in [-0.15, -0.1) is 0 Å². The summed E-state index contributed by atoms with van der Waals surface area (Å²) in [7, 11) is 3.11. The van der Waals surface area contributed by atoms with E-state index in [-0.39, 0.29) is 17.5 Å². The largest absolute Gasteiger partial charge is 0.508 e. The lowest BCUT2D eigenvalue weighted by Gasteiger charge is -2.17. The van der Waals surface area contributed by atoms with Crippen LogP contribution in [-0.4, -0.2) is 43.4 Å². The summed E-state index contributed by atoms with van der Waals surface area (Å²) in [5.74, 6) is 0.560. The van der Waals surface area contributed by atoms with E-state index in [4.69, 9.17) is 14.2 Å².